The van der Waals surface area contributed by atoms with Crippen molar-refractivity contribution in [3.8, 4) is 17.3 Å². The van der Waals surface area contributed by atoms with Gasteiger partial charge in [-0.3, -0.25) is 4.79 Å². The highest BCUT2D eigenvalue weighted by atomic mass is 32.2. The van der Waals surface area contributed by atoms with Gasteiger partial charge in [-0.05, 0) is 31.2 Å². The zero-order valence-electron chi connectivity index (χ0n) is 17.2. The molecule has 29 heavy (non-hydrogen) atoms. The van der Waals surface area contributed by atoms with E-state index in [0.29, 0.717) is 0 Å². The number of imidazole rings is 1. The average molecular weight is 413 g/mol. The third-order valence-electron chi connectivity index (χ3n) is 5.42. The number of benzene rings is 1. The smallest absolute Gasteiger partial charge is 0.231 e. The number of carbonyl (C=O) groups excluding carboxylic acids is 1. The number of nitrogens with one attached hydrogen (secondary N) is 1. The zero-order chi connectivity index (χ0) is 20.9. The molecule has 1 aromatic heterocycles. The highest BCUT2D eigenvalue weighted by Gasteiger charge is 2.30. The van der Waals surface area contributed by atoms with Crippen LogP contribution in [0.5, 0.6) is 0 Å². The zero-order valence-corrected chi connectivity index (χ0v) is 18.0. The maximum Gasteiger partial charge on any atom is 0.231 e. The molecule has 1 amide bonds. The van der Waals surface area contributed by atoms with E-state index < -0.39 is 5.54 Å². The maximum absolute atomic E-state index is 12.5. The number of amides is 1. The fraction of sp³-hybridized carbons (Fsp3) is 0.500. The summed E-state index contributed by atoms with van der Waals surface area (Å²) in [5, 5.41) is 13.1. The Labute approximate surface area is 176 Å². The summed E-state index contributed by atoms with van der Waals surface area (Å²) in [5.74, 6) is 0.0640. The van der Waals surface area contributed by atoms with E-state index in [1.807, 2.05) is 38.2 Å². The van der Waals surface area contributed by atoms with Crippen molar-refractivity contribution in [1.29, 1.82) is 5.26 Å². The van der Waals surface area contributed by atoms with E-state index >= 15 is 0 Å². The summed E-state index contributed by atoms with van der Waals surface area (Å²) in [6, 6.07) is 12.3. The number of nitrogens with zero attached hydrogens (tertiary/aromatic N) is 3. The first-order valence-corrected chi connectivity index (χ1v) is 11.0. The highest BCUT2D eigenvalue weighted by Crippen LogP contribution is 2.28. The molecule has 3 rings (SSSR count). The third kappa shape index (κ3) is 5.20. The van der Waals surface area contributed by atoms with Crippen molar-refractivity contribution in [3.05, 3.63) is 36.5 Å². The van der Waals surface area contributed by atoms with Crippen LogP contribution in [0, 0.1) is 17.2 Å². The van der Waals surface area contributed by atoms with Crippen molar-refractivity contribution in [2.45, 2.75) is 57.0 Å². The second kappa shape index (κ2) is 9.47. The number of rotatable bonds is 8. The van der Waals surface area contributed by atoms with Gasteiger partial charge in [-0.1, -0.05) is 55.9 Å². The highest BCUT2D eigenvalue weighted by molar-refractivity contribution is 7.99. The van der Waals surface area contributed by atoms with Gasteiger partial charge in [0.1, 0.15) is 5.54 Å². The van der Waals surface area contributed by atoms with Crippen molar-refractivity contribution >= 4 is 17.7 Å². The standard InChI is InChI=1S/C22H28N4O2S/c1-16(2)22(3,15-23)25-20(27)14-29-21-24-12-19(17-8-5-4-6-9-17)26(21)13-18-10-7-11-28-18/h4-6,8-9,12,16,18H,7,10-11,13-14H2,1-3H3,(H,25,27). The molecule has 1 N–H and O–H groups in total. The van der Waals surface area contributed by atoms with Gasteiger partial charge in [0.2, 0.25) is 5.91 Å². The SMILES string of the molecule is CC(C)C(C)(C#N)NC(=O)CSc1ncc(-c2ccccc2)n1CC1CCCO1. The Morgan fingerprint density at radius 1 is 1.45 bits per heavy atom. The van der Waals surface area contributed by atoms with Gasteiger partial charge in [-0.25, -0.2) is 4.98 Å². The van der Waals surface area contributed by atoms with Crippen LogP contribution in [-0.2, 0) is 16.1 Å². The van der Waals surface area contributed by atoms with Crippen molar-refractivity contribution < 1.29 is 9.53 Å². The molecular formula is C22H28N4O2S. The van der Waals surface area contributed by atoms with Crippen molar-refractivity contribution in [1.82, 2.24) is 14.9 Å². The lowest BCUT2D eigenvalue weighted by Gasteiger charge is -2.27. The molecular weight excluding hydrogens is 384 g/mol. The summed E-state index contributed by atoms with van der Waals surface area (Å²) in [4.78, 5) is 17.1. The molecule has 1 aliphatic rings. The van der Waals surface area contributed by atoms with Crippen LogP contribution in [0.4, 0.5) is 0 Å². The number of thioether (sulfide) groups is 1. The minimum absolute atomic E-state index is 0.0210. The van der Waals surface area contributed by atoms with E-state index in [0.717, 1.165) is 42.4 Å². The third-order valence-corrected chi connectivity index (χ3v) is 6.41. The molecule has 0 bridgehead atoms. The molecule has 1 saturated heterocycles. The Morgan fingerprint density at radius 2 is 2.21 bits per heavy atom. The van der Waals surface area contributed by atoms with Gasteiger partial charge in [0.25, 0.3) is 0 Å². The van der Waals surface area contributed by atoms with Crippen LogP contribution in [0.1, 0.15) is 33.6 Å². The minimum atomic E-state index is -0.875. The second-order valence-electron chi connectivity index (χ2n) is 7.84. The molecule has 154 valence electrons. The fourth-order valence-electron chi connectivity index (χ4n) is 3.24. The van der Waals surface area contributed by atoms with Crippen LogP contribution in [0.3, 0.4) is 0 Å². The summed E-state index contributed by atoms with van der Waals surface area (Å²) < 4.78 is 7.98. The number of aromatic nitrogens is 2. The Balaban J connectivity index is 1.75. The van der Waals surface area contributed by atoms with Crippen molar-refractivity contribution in [2.24, 2.45) is 5.92 Å². The largest absolute Gasteiger partial charge is 0.376 e. The maximum atomic E-state index is 12.5. The molecule has 0 aliphatic carbocycles. The van der Waals surface area contributed by atoms with Gasteiger partial charge in [0.15, 0.2) is 5.16 Å². The molecule has 0 radical (unpaired) electrons. The van der Waals surface area contributed by atoms with E-state index in [4.69, 9.17) is 4.74 Å². The van der Waals surface area contributed by atoms with E-state index in [-0.39, 0.29) is 23.7 Å². The molecule has 1 fully saturated rings. The predicted molar refractivity (Wildman–Crippen MR) is 114 cm³/mol. The topological polar surface area (TPSA) is 79.9 Å². The molecule has 0 spiro atoms. The predicted octanol–water partition coefficient (Wildman–Crippen LogP) is 3.88. The first kappa shape index (κ1) is 21.4. The first-order chi connectivity index (χ1) is 13.9. The van der Waals surface area contributed by atoms with Crippen LogP contribution in [0.2, 0.25) is 0 Å². The van der Waals surface area contributed by atoms with Crippen molar-refractivity contribution in [2.75, 3.05) is 12.4 Å². The van der Waals surface area contributed by atoms with Crippen LogP contribution < -0.4 is 5.32 Å². The normalized spacial score (nSPS) is 18.4. The number of nitriles is 1. The lowest BCUT2D eigenvalue weighted by Crippen LogP contribution is -2.49. The first-order valence-electron chi connectivity index (χ1n) is 10.0. The van der Waals surface area contributed by atoms with Gasteiger partial charge in [0.05, 0.1) is 36.4 Å². The molecule has 2 unspecified atom stereocenters. The summed E-state index contributed by atoms with van der Waals surface area (Å²) in [6.07, 6.45) is 4.14. The van der Waals surface area contributed by atoms with Gasteiger partial charge in [0, 0.05) is 6.61 Å². The van der Waals surface area contributed by atoms with Gasteiger partial charge in [-0.2, -0.15) is 5.26 Å². The molecule has 0 saturated carbocycles. The molecule has 7 heteroatoms. The lowest BCUT2D eigenvalue weighted by atomic mass is 9.90. The number of hydrogen-bond acceptors (Lipinski definition) is 5. The Kier molecular flexibility index (Phi) is 6.99. The summed E-state index contributed by atoms with van der Waals surface area (Å²) >= 11 is 1.39. The Bertz CT molecular complexity index is 869. The molecule has 2 aromatic rings. The van der Waals surface area contributed by atoms with Gasteiger partial charge < -0.3 is 14.6 Å². The quantitative estimate of drug-likeness (QED) is 0.666. The van der Waals surface area contributed by atoms with Gasteiger partial charge in [-0.15, -0.1) is 0 Å². The van der Waals surface area contributed by atoms with Crippen LogP contribution >= 0.6 is 11.8 Å². The van der Waals surface area contributed by atoms with E-state index in [1.54, 1.807) is 6.92 Å². The van der Waals surface area contributed by atoms with Crippen molar-refractivity contribution in [3.63, 3.8) is 0 Å². The van der Waals surface area contributed by atoms with E-state index in [2.05, 4.69) is 33.1 Å². The molecule has 2 heterocycles. The fourth-order valence-corrected chi connectivity index (χ4v) is 4.03. The molecule has 6 nitrogen and oxygen atoms in total. The van der Waals surface area contributed by atoms with Crippen LogP contribution in [0.15, 0.2) is 41.7 Å². The molecule has 1 aliphatic heterocycles. The van der Waals surface area contributed by atoms with Crippen LogP contribution in [0.25, 0.3) is 11.3 Å². The molecule has 1 aromatic carbocycles. The number of hydrogen-bond donors (Lipinski definition) is 1. The summed E-state index contributed by atoms with van der Waals surface area (Å²) in [6.45, 7) is 7.13. The Morgan fingerprint density at radius 3 is 2.83 bits per heavy atom. The monoisotopic (exact) mass is 412 g/mol. The summed E-state index contributed by atoms with van der Waals surface area (Å²) in [5.41, 5.74) is 1.24. The minimum Gasteiger partial charge on any atom is -0.376 e. The number of ether oxygens (including phenoxy) is 1. The van der Waals surface area contributed by atoms with Crippen LogP contribution in [-0.4, -0.2) is 39.5 Å². The lowest BCUT2D eigenvalue weighted by molar-refractivity contribution is -0.120. The van der Waals surface area contributed by atoms with E-state index in [1.165, 1.54) is 11.8 Å². The van der Waals surface area contributed by atoms with Gasteiger partial charge >= 0.3 is 0 Å². The van der Waals surface area contributed by atoms with E-state index in [9.17, 15) is 10.1 Å². The summed E-state index contributed by atoms with van der Waals surface area (Å²) in [7, 11) is 0. The second-order valence-corrected chi connectivity index (χ2v) is 8.79. The average Bonchev–Trinajstić information content (AvgIpc) is 3.37. The Hall–Kier alpha value is -2.30. The number of carbonyl (C=O) groups is 1. The molecule has 2 atom stereocenters.